The van der Waals surface area contributed by atoms with Crippen LogP contribution in [-0.4, -0.2) is 37.6 Å². The summed E-state index contributed by atoms with van der Waals surface area (Å²) in [6.07, 6.45) is 0. The first-order valence-corrected chi connectivity index (χ1v) is 10.7. The Balaban J connectivity index is 2.03. The molecule has 0 radical (unpaired) electrons. The molecule has 0 atom stereocenters. The van der Waals surface area contributed by atoms with Crippen LogP contribution < -0.4 is 14.8 Å². The minimum atomic E-state index is -0.599. The number of non-ortho nitro benzene ring substituents is 1. The number of amides is 1. The zero-order valence-corrected chi connectivity index (χ0v) is 19.3. The summed E-state index contributed by atoms with van der Waals surface area (Å²) in [5, 5.41) is 14.1. The fourth-order valence-corrected chi connectivity index (χ4v) is 4.34. The van der Waals surface area contributed by atoms with Gasteiger partial charge in [0.25, 0.3) is 11.6 Å². The maximum atomic E-state index is 13.0. The lowest BCUT2D eigenvalue weighted by Gasteiger charge is -2.11. The number of anilines is 1. The minimum absolute atomic E-state index is 0.0636. The molecule has 172 valence electrons. The van der Waals surface area contributed by atoms with E-state index >= 15 is 0 Å². The van der Waals surface area contributed by atoms with Crippen LogP contribution in [0.5, 0.6) is 11.5 Å². The fraction of sp³-hybridized carbons (Fsp3) is 0.217. The summed E-state index contributed by atoms with van der Waals surface area (Å²) in [4.78, 5) is 37.0. The van der Waals surface area contributed by atoms with Crippen LogP contribution >= 0.6 is 11.3 Å². The summed E-state index contributed by atoms with van der Waals surface area (Å²) in [5.74, 6) is -0.172. The highest BCUT2D eigenvalue weighted by Crippen LogP contribution is 2.41. The van der Waals surface area contributed by atoms with Crippen LogP contribution in [-0.2, 0) is 4.74 Å². The van der Waals surface area contributed by atoms with E-state index in [4.69, 9.17) is 14.2 Å². The van der Waals surface area contributed by atoms with Crippen molar-refractivity contribution in [3.05, 3.63) is 68.6 Å². The maximum absolute atomic E-state index is 13.0. The molecule has 0 fully saturated rings. The number of hydrogen-bond acceptors (Lipinski definition) is 8. The van der Waals surface area contributed by atoms with Gasteiger partial charge < -0.3 is 19.5 Å². The normalized spacial score (nSPS) is 10.4. The average molecular weight is 471 g/mol. The molecule has 0 bridgehead atoms. The number of thiophene rings is 1. The van der Waals surface area contributed by atoms with Gasteiger partial charge in [0.05, 0.1) is 25.7 Å². The summed E-state index contributed by atoms with van der Waals surface area (Å²) in [6, 6.07) is 10.6. The van der Waals surface area contributed by atoms with E-state index < -0.39 is 16.8 Å². The number of carbonyl (C=O) groups is 2. The van der Waals surface area contributed by atoms with E-state index in [-0.39, 0.29) is 17.9 Å². The molecule has 1 heterocycles. The standard InChI is InChI=1S/C23H22N2O7S/c1-5-32-23(27)20-19(14-6-9-16(10-7-14)25(28)29)13(2)33-22(20)24-21(26)15-8-11-17(30-3)18(12-15)31-4/h6-12H,5H2,1-4H3,(H,24,26). The monoisotopic (exact) mass is 470 g/mol. The summed E-state index contributed by atoms with van der Waals surface area (Å²) in [6.45, 7) is 3.64. The lowest BCUT2D eigenvalue weighted by Crippen LogP contribution is -2.15. The van der Waals surface area contributed by atoms with E-state index in [2.05, 4.69) is 5.32 Å². The van der Waals surface area contributed by atoms with Crippen molar-refractivity contribution in [1.82, 2.24) is 0 Å². The quantitative estimate of drug-likeness (QED) is 0.277. The Bertz CT molecular complexity index is 1200. The Morgan fingerprint density at radius 1 is 1.06 bits per heavy atom. The molecule has 10 heteroatoms. The Hall–Kier alpha value is -3.92. The van der Waals surface area contributed by atoms with Gasteiger partial charge >= 0.3 is 5.97 Å². The molecule has 0 spiro atoms. The topological polar surface area (TPSA) is 117 Å². The van der Waals surface area contributed by atoms with Crippen LogP contribution in [0.4, 0.5) is 10.7 Å². The fourth-order valence-electron chi connectivity index (χ4n) is 3.28. The van der Waals surface area contributed by atoms with Crippen LogP contribution in [0.15, 0.2) is 42.5 Å². The number of nitro groups is 1. The number of rotatable bonds is 8. The molecular weight excluding hydrogens is 448 g/mol. The highest BCUT2D eigenvalue weighted by Gasteiger charge is 2.26. The van der Waals surface area contributed by atoms with Crippen molar-refractivity contribution in [2.24, 2.45) is 0 Å². The van der Waals surface area contributed by atoms with E-state index in [1.54, 1.807) is 38.1 Å². The molecule has 1 N–H and O–H groups in total. The Morgan fingerprint density at radius 2 is 1.73 bits per heavy atom. The van der Waals surface area contributed by atoms with Crippen molar-refractivity contribution in [1.29, 1.82) is 0 Å². The van der Waals surface area contributed by atoms with Crippen molar-refractivity contribution < 1.29 is 28.7 Å². The molecular formula is C23H22N2O7S. The van der Waals surface area contributed by atoms with Crippen LogP contribution in [0, 0.1) is 17.0 Å². The van der Waals surface area contributed by atoms with Crippen LogP contribution in [0.1, 0.15) is 32.5 Å². The molecule has 33 heavy (non-hydrogen) atoms. The molecule has 2 aromatic carbocycles. The summed E-state index contributed by atoms with van der Waals surface area (Å²) >= 11 is 1.22. The number of nitrogens with zero attached hydrogens (tertiary/aromatic N) is 1. The van der Waals surface area contributed by atoms with Gasteiger partial charge in [0.2, 0.25) is 0 Å². The molecule has 3 aromatic rings. The van der Waals surface area contributed by atoms with Gasteiger partial charge in [0.1, 0.15) is 10.6 Å². The number of nitrogens with one attached hydrogen (secondary N) is 1. The van der Waals surface area contributed by atoms with Gasteiger partial charge in [-0.25, -0.2) is 4.79 Å². The number of nitro benzene ring substituents is 1. The van der Waals surface area contributed by atoms with E-state index in [1.165, 1.54) is 43.8 Å². The average Bonchev–Trinajstić information content (AvgIpc) is 3.14. The van der Waals surface area contributed by atoms with Crippen molar-refractivity contribution in [2.75, 3.05) is 26.1 Å². The molecule has 0 saturated carbocycles. The predicted octanol–water partition coefficient (Wildman–Crippen LogP) is 5.08. The molecule has 0 aliphatic heterocycles. The minimum Gasteiger partial charge on any atom is -0.493 e. The van der Waals surface area contributed by atoms with E-state index in [9.17, 15) is 19.7 Å². The number of benzene rings is 2. The third kappa shape index (κ3) is 4.96. The van der Waals surface area contributed by atoms with Gasteiger partial charge in [0.15, 0.2) is 11.5 Å². The van der Waals surface area contributed by atoms with Gasteiger partial charge in [-0.05, 0) is 49.7 Å². The highest BCUT2D eigenvalue weighted by atomic mass is 32.1. The third-order valence-corrected chi connectivity index (χ3v) is 5.82. The lowest BCUT2D eigenvalue weighted by atomic mass is 10.0. The number of ether oxygens (including phenoxy) is 3. The molecule has 0 aliphatic rings. The van der Waals surface area contributed by atoms with Gasteiger partial charge in [-0.3, -0.25) is 14.9 Å². The first-order chi connectivity index (χ1) is 15.8. The molecule has 9 nitrogen and oxygen atoms in total. The van der Waals surface area contributed by atoms with Crippen molar-refractivity contribution in [2.45, 2.75) is 13.8 Å². The van der Waals surface area contributed by atoms with Gasteiger partial charge in [0, 0.05) is 28.1 Å². The number of carbonyl (C=O) groups excluding carboxylic acids is 2. The summed E-state index contributed by atoms with van der Waals surface area (Å²) in [5.41, 5.74) is 1.60. The zero-order valence-electron chi connectivity index (χ0n) is 18.5. The molecule has 3 rings (SSSR count). The summed E-state index contributed by atoms with van der Waals surface area (Å²) < 4.78 is 15.7. The second-order valence-corrected chi connectivity index (χ2v) is 8.01. The molecule has 0 aliphatic carbocycles. The molecule has 0 saturated heterocycles. The first-order valence-electron chi connectivity index (χ1n) is 9.89. The van der Waals surface area contributed by atoms with Crippen molar-refractivity contribution in [3.63, 3.8) is 0 Å². The van der Waals surface area contributed by atoms with Crippen LogP contribution in [0.25, 0.3) is 11.1 Å². The Labute approximate surface area is 194 Å². The number of esters is 1. The van der Waals surface area contributed by atoms with E-state index in [1.807, 2.05) is 0 Å². The van der Waals surface area contributed by atoms with Crippen LogP contribution in [0.2, 0.25) is 0 Å². The first kappa shape index (κ1) is 23.7. The highest BCUT2D eigenvalue weighted by molar-refractivity contribution is 7.17. The lowest BCUT2D eigenvalue weighted by molar-refractivity contribution is -0.384. The smallest absolute Gasteiger partial charge is 0.341 e. The van der Waals surface area contributed by atoms with Gasteiger partial charge in [-0.15, -0.1) is 11.3 Å². The van der Waals surface area contributed by atoms with Crippen molar-refractivity contribution in [3.8, 4) is 22.6 Å². The molecule has 0 unspecified atom stereocenters. The van der Waals surface area contributed by atoms with Gasteiger partial charge in [-0.1, -0.05) is 0 Å². The predicted molar refractivity (Wildman–Crippen MR) is 125 cm³/mol. The number of hydrogen-bond donors (Lipinski definition) is 1. The third-order valence-electron chi connectivity index (χ3n) is 4.80. The second-order valence-electron chi connectivity index (χ2n) is 6.79. The zero-order chi connectivity index (χ0) is 24.1. The second kappa shape index (κ2) is 10.1. The van der Waals surface area contributed by atoms with Crippen molar-refractivity contribution >= 4 is 33.9 Å². The van der Waals surface area contributed by atoms with E-state index in [0.717, 1.165) is 4.88 Å². The summed E-state index contributed by atoms with van der Waals surface area (Å²) in [7, 11) is 2.97. The largest absolute Gasteiger partial charge is 0.493 e. The Morgan fingerprint density at radius 3 is 2.30 bits per heavy atom. The molecule has 1 amide bonds. The number of aryl methyl sites for hydroxylation is 1. The Kier molecular flexibility index (Phi) is 7.29. The SMILES string of the molecule is CCOC(=O)c1c(NC(=O)c2ccc(OC)c(OC)c2)sc(C)c1-c1ccc([N+](=O)[O-])cc1. The van der Waals surface area contributed by atoms with Gasteiger partial charge in [-0.2, -0.15) is 0 Å². The van der Waals surface area contributed by atoms with E-state index in [0.29, 0.717) is 33.2 Å². The number of methoxy groups -OCH3 is 2. The molecule has 1 aromatic heterocycles. The van der Waals surface area contributed by atoms with Crippen LogP contribution in [0.3, 0.4) is 0 Å². The maximum Gasteiger partial charge on any atom is 0.341 e.